The summed E-state index contributed by atoms with van der Waals surface area (Å²) in [6.45, 7) is 39.2. The van der Waals surface area contributed by atoms with Gasteiger partial charge in [-0.1, -0.05) is 37.1 Å². The van der Waals surface area contributed by atoms with Crippen molar-refractivity contribution in [3.05, 3.63) is 129 Å². The second kappa shape index (κ2) is 32.3. The molecule has 0 radical (unpaired) electrons. The van der Waals surface area contributed by atoms with Crippen LogP contribution in [0, 0.1) is 15.4 Å². The number of carbonyl (C=O) groups excluding carboxylic acids is 2. The first-order valence-electron chi connectivity index (χ1n) is 38.3. The molecular weight excluding hydrogens is 1420 g/mol. The van der Waals surface area contributed by atoms with Crippen molar-refractivity contribution >= 4 is 88.7 Å². The van der Waals surface area contributed by atoms with Crippen LogP contribution in [-0.4, -0.2) is 124 Å². The number of carbonyl (C=O) groups is 2. The Morgan fingerprint density at radius 2 is 0.846 bits per heavy atom. The number of rotatable bonds is 20. The Morgan fingerprint density at radius 1 is 0.471 bits per heavy atom. The zero-order valence-corrected chi connectivity index (χ0v) is 67.5. The molecule has 0 spiro atoms. The van der Waals surface area contributed by atoms with Crippen LogP contribution < -0.4 is 9.47 Å². The van der Waals surface area contributed by atoms with Gasteiger partial charge in [-0.3, -0.25) is 9.59 Å². The van der Waals surface area contributed by atoms with Crippen molar-refractivity contribution in [2.45, 2.75) is 285 Å². The minimum atomic E-state index is -0.529. The Labute approximate surface area is 633 Å². The number of hydrogen-bond acceptors (Lipinski definition) is 16. The van der Waals surface area contributed by atoms with E-state index in [-0.39, 0.29) is 24.4 Å². The smallest absolute Gasteiger partial charge is 0.494 e. The summed E-state index contributed by atoms with van der Waals surface area (Å²) in [5.41, 5.74) is 6.44. The lowest BCUT2D eigenvalue weighted by molar-refractivity contribution is -0.156. The number of hydrogen-bond donors (Lipinski definition) is 0. The van der Waals surface area contributed by atoms with E-state index in [2.05, 4.69) is 154 Å². The molecule has 5 saturated heterocycles. The highest BCUT2D eigenvalue weighted by Gasteiger charge is 2.59. The molecule has 22 heteroatoms. The molecule has 6 aromatic rings. The number of aromatic nitrogens is 4. The molecule has 4 aromatic carbocycles. The van der Waals surface area contributed by atoms with Gasteiger partial charge in [0.1, 0.15) is 22.7 Å². The Kier molecular flexibility index (Phi) is 24.7. The summed E-state index contributed by atoms with van der Waals surface area (Å²) < 4.78 is 79.9. The highest BCUT2D eigenvalue weighted by molar-refractivity contribution is 14.1. The van der Waals surface area contributed by atoms with Crippen molar-refractivity contribution in [3.8, 4) is 11.5 Å². The van der Waals surface area contributed by atoms with Crippen LogP contribution in [0.5, 0.6) is 11.5 Å². The molecule has 562 valence electrons. The summed E-state index contributed by atoms with van der Waals surface area (Å²) in [7, 11) is -1.43. The molecule has 5 aliphatic heterocycles. The zero-order chi connectivity index (χ0) is 74.8. The Morgan fingerprint density at radius 3 is 1.24 bits per heavy atom. The van der Waals surface area contributed by atoms with Gasteiger partial charge in [0.05, 0.1) is 70.2 Å². The van der Waals surface area contributed by atoms with E-state index >= 15 is 0 Å². The monoisotopic (exact) mass is 1540 g/mol. The predicted octanol–water partition coefficient (Wildman–Crippen LogP) is 18.8. The van der Waals surface area contributed by atoms with E-state index in [0.29, 0.717) is 50.7 Å². The average molecular weight is 1540 g/mol. The van der Waals surface area contributed by atoms with Crippen LogP contribution in [-0.2, 0) is 56.5 Å². The van der Waals surface area contributed by atoms with E-state index in [1.54, 1.807) is 0 Å². The van der Waals surface area contributed by atoms with Crippen molar-refractivity contribution in [2.24, 2.45) is 11.8 Å². The number of halogens is 1. The lowest BCUT2D eigenvalue weighted by atomic mass is 9.55. The van der Waals surface area contributed by atoms with Gasteiger partial charge in [-0.15, -0.1) is 0 Å². The number of ether oxygens (including phenoxy) is 6. The highest BCUT2D eigenvalue weighted by atomic mass is 127. The Bertz CT molecular complexity index is 3950. The molecule has 0 N–H and O–H groups in total. The molecular formula is C82H114B3IN4O14. The molecule has 2 aliphatic carbocycles. The molecule has 7 fully saturated rings. The van der Waals surface area contributed by atoms with Crippen LogP contribution >= 0.6 is 22.6 Å². The summed E-state index contributed by atoms with van der Waals surface area (Å²) in [6, 6.07) is 29.4. The van der Waals surface area contributed by atoms with Gasteiger partial charge in [-0.25, -0.2) is 9.36 Å². The first-order valence-corrected chi connectivity index (χ1v) is 39.3. The van der Waals surface area contributed by atoms with Crippen LogP contribution in [0.2, 0.25) is 0 Å². The normalized spacial score (nSPS) is 22.5. The summed E-state index contributed by atoms with van der Waals surface area (Å²) >= 11 is 2.25. The topological polar surface area (TPSA) is 181 Å². The van der Waals surface area contributed by atoms with Crippen LogP contribution in [0.15, 0.2) is 108 Å². The number of allylic oxidation sites excluding steroid dienone is 2. The van der Waals surface area contributed by atoms with E-state index in [1.807, 2.05) is 99.7 Å². The summed E-state index contributed by atoms with van der Waals surface area (Å²) in [6.07, 6.45) is 19.2. The average Bonchev–Trinajstić information content (AvgIpc) is 1.57. The molecule has 13 rings (SSSR count). The van der Waals surface area contributed by atoms with Crippen molar-refractivity contribution < 1.29 is 65.9 Å². The van der Waals surface area contributed by atoms with Crippen molar-refractivity contribution in [1.29, 1.82) is 0 Å². The Balaban J connectivity index is 0.000000171. The first kappa shape index (κ1) is 79.5. The lowest BCUT2D eigenvalue weighted by Gasteiger charge is -2.33. The molecule has 2 unspecified atom stereocenters. The van der Waals surface area contributed by atoms with E-state index < -0.39 is 66.2 Å². The maximum absolute atomic E-state index is 12.1. The fraction of sp³-hybridized carbons (Fsp3) is 0.610. The van der Waals surface area contributed by atoms with Crippen LogP contribution in [0.4, 0.5) is 0 Å². The van der Waals surface area contributed by atoms with Crippen LogP contribution in [0.25, 0.3) is 32.9 Å². The van der Waals surface area contributed by atoms with Crippen molar-refractivity contribution in [3.63, 3.8) is 0 Å². The zero-order valence-electron chi connectivity index (χ0n) is 65.3. The fourth-order valence-electron chi connectivity index (χ4n) is 13.9. The minimum Gasteiger partial charge on any atom is -0.494 e. The van der Waals surface area contributed by atoms with E-state index in [0.717, 1.165) is 138 Å². The highest BCUT2D eigenvalue weighted by Crippen LogP contribution is 2.51. The third kappa shape index (κ3) is 18.9. The van der Waals surface area contributed by atoms with Gasteiger partial charge < -0.3 is 56.3 Å². The maximum atomic E-state index is 12.1. The molecule has 18 nitrogen and oxygen atoms in total. The molecule has 7 heterocycles. The minimum absolute atomic E-state index is 0.00417. The lowest BCUT2D eigenvalue weighted by Crippen LogP contribution is -2.41. The first-order chi connectivity index (χ1) is 49.0. The van der Waals surface area contributed by atoms with Gasteiger partial charge in [-0.05, 0) is 335 Å². The van der Waals surface area contributed by atoms with E-state index in [1.165, 1.54) is 27.4 Å². The van der Waals surface area contributed by atoms with Gasteiger partial charge in [0.25, 0.3) is 0 Å². The van der Waals surface area contributed by atoms with Gasteiger partial charge in [0.2, 0.25) is 0 Å². The second-order valence-corrected chi connectivity index (χ2v) is 35.4. The number of esters is 2. The standard InChI is InChI=1S/C38H51BN2O6.C30H44B2N2O5.C14H19IO3/c1-36(2,3)45-33(42)15-11-23-43-30-19-16-26(17-20-30)34(35(27-12-10-13-27)39-46-37(4,5)38(6,7)47-39)28-18-21-31-29(24-28)25-40-41(31)32-14-8-9-22-44-32;1-27(2)28(3,4)37-31(36-27)25(20-12-11-13-20)26(32-38-29(5,6)30(7,8)39-32)21-15-16-23-22(18-21)19-33-34(23)24-14-9-10-17-35-24;1-14(2,3)18-13(16)5-4-10-17-12-8-6-11(15)7-9-12/h16-21,24-25,27,32H,8-15,22-23H2,1-7H3;15-16,18-20,24H,9-14,17H2,1-8H3;6-9H,4-5,10H2,1-3H3/b35-34+;26-25-;. The molecule has 0 amide bonds. The molecule has 2 atom stereocenters. The number of fused-ring (bicyclic) bond motifs is 2. The third-order valence-corrected chi connectivity index (χ3v) is 22.9. The van der Waals surface area contributed by atoms with Gasteiger partial charge in [-0.2, -0.15) is 10.2 Å². The molecule has 7 aliphatic rings. The number of benzene rings is 4. The maximum Gasteiger partial charge on any atom is 0.494 e. The summed E-state index contributed by atoms with van der Waals surface area (Å²) in [4.78, 5) is 23.5. The van der Waals surface area contributed by atoms with E-state index in [9.17, 15) is 9.59 Å². The van der Waals surface area contributed by atoms with Crippen molar-refractivity contribution in [2.75, 3.05) is 26.4 Å². The van der Waals surface area contributed by atoms with Crippen LogP contribution in [0.3, 0.4) is 0 Å². The third-order valence-electron chi connectivity index (χ3n) is 22.2. The van der Waals surface area contributed by atoms with Gasteiger partial charge in [0.15, 0.2) is 12.5 Å². The summed E-state index contributed by atoms with van der Waals surface area (Å²) in [5, 5.41) is 11.7. The summed E-state index contributed by atoms with van der Waals surface area (Å²) in [5.74, 6) is 1.96. The van der Waals surface area contributed by atoms with Crippen LogP contribution in [0.1, 0.15) is 257 Å². The molecule has 2 aromatic heterocycles. The molecule has 2 saturated carbocycles. The van der Waals surface area contributed by atoms with Gasteiger partial charge in [0, 0.05) is 40.4 Å². The van der Waals surface area contributed by atoms with Crippen molar-refractivity contribution in [1.82, 2.24) is 19.6 Å². The Hall–Kier alpha value is -5.56. The second-order valence-electron chi connectivity index (χ2n) is 34.1. The largest absolute Gasteiger partial charge is 0.494 e. The molecule has 104 heavy (non-hydrogen) atoms. The SMILES string of the molecule is CC(C)(C)OC(=O)CCCOc1ccc(/C(=C(\B2OC(C)(C)C(C)(C)O2)C2CCC2)c2ccc3c(cnn3C3CCCCO3)c2)cc1.CC(C)(C)OC(=O)CCCOc1ccc(I)cc1.CC1(C)OB(/C(=C(\B2OC(C)(C)C(C)(C)O2)C2CCC2)c2ccc3c(cnn3C3CCCCO3)c2)OC1(C)C. The quantitative estimate of drug-likeness (QED) is 0.0304. The number of nitrogens with zero attached hydrogens (tertiary/aromatic N) is 4. The van der Waals surface area contributed by atoms with E-state index in [4.69, 9.17) is 66.5 Å². The molecule has 0 bridgehead atoms. The predicted molar refractivity (Wildman–Crippen MR) is 420 cm³/mol. The fourth-order valence-corrected chi connectivity index (χ4v) is 14.3. The van der Waals surface area contributed by atoms with Gasteiger partial charge >= 0.3 is 33.3 Å².